The van der Waals surface area contributed by atoms with E-state index in [1.54, 1.807) is 35.9 Å². The molecule has 5 heterocycles. The maximum absolute atomic E-state index is 6.48. The first-order valence-corrected chi connectivity index (χ1v) is 13.3. The van der Waals surface area contributed by atoms with E-state index < -0.39 is 0 Å². The van der Waals surface area contributed by atoms with Gasteiger partial charge in [0, 0.05) is 23.8 Å². The minimum absolute atomic E-state index is 0.287. The number of rotatable bonds is 6. The first-order valence-electron chi connectivity index (χ1n) is 12.9. The standard InChI is InChI=1S/C30H24ClN7O3/c1-17-25-26(19-6-5-11-32-15-19)27-28-34-24(13-18-9-10-22(39-2)23(12-18)40-3)36-37(28)16-33-29(27)41-30(25)38(35-17)21-8-4-7-20(31)14-21/h4-12,14-16,26H,13H2,1-3H3. The number of methoxy groups -OCH3 is 2. The molecule has 0 spiro atoms. The lowest BCUT2D eigenvalue weighted by molar-refractivity contribution is 0.354. The second-order valence-corrected chi connectivity index (χ2v) is 10.1. The van der Waals surface area contributed by atoms with Crippen molar-refractivity contribution in [1.29, 1.82) is 0 Å². The van der Waals surface area contributed by atoms with Crippen molar-refractivity contribution in [3.8, 4) is 28.9 Å². The molecule has 1 aliphatic heterocycles. The summed E-state index contributed by atoms with van der Waals surface area (Å²) in [4.78, 5) is 14.0. The molecule has 2 aromatic carbocycles. The monoisotopic (exact) mass is 565 g/mol. The van der Waals surface area contributed by atoms with Gasteiger partial charge in [0.25, 0.3) is 0 Å². The van der Waals surface area contributed by atoms with Gasteiger partial charge >= 0.3 is 0 Å². The summed E-state index contributed by atoms with van der Waals surface area (Å²) in [5.41, 5.74) is 5.91. The van der Waals surface area contributed by atoms with Gasteiger partial charge in [0.2, 0.25) is 11.8 Å². The third kappa shape index (κ3) is 4.23. The summed E-state index contributed by atoms with van der Waals surface area (Å²) in [6, 6.07) is 17.2. The molecule has 0 N–H and O–H groups in total. The molecule has 0 fully saturated rings. The topological polar surface area (TPSA) is 101 Å². The Labute approximate surface area is 240 Å². The Morgan fingerprint density at radius 3 is 2.63 bits per heavy atom. The smallest absolute Gasteiger partial charge is 0.230 e. The zero-order valence-corrected chi connectivity index (χ0v) is 23.2. The van der Waals surface area contributed by atoms with Crippen LogP contribution in [0.15, 0.2) is 73.3 Å². The molecule has 11 heteroatoms. The highest BCUT2D eigenvalue weighted by atomic mass is 35.5. The summed E-state index contributed by atoms with van der Waals surface area (Å²) >= 11 is 6.31. The number of aromatic nitrogens is 7. The van der Waals surface area contributed by atoms with Gasteiger partial charge in [-0.15, -0.1) is 5.10 Å². The third-order valence-electron chi connectivity index (χ3n) is 7.14. The van der Waals surface area contributed by atoms with Crippen molar-refractivity contribution >= 4 is 17.2 Å². The number of hydrogen-bond acceptors (Lipinski definition) is 8. The highest BCUT2D eigenvalue weighted by Gasteiger charge is 2.38. The summed E-state index contributed by atoms with van der Waals surface area (Å²) < 4.78 is 20.8. The van der Waals surface area contributed by atoms with Crippen LogP contribution in [0.25, 0.3) is 11.3 Å². The second kappa shape index (κ2) is 9.90. The largest absolute Gasteiger partial charge is 0.493 e. The van der Waals surface area contributed by atoms with Crippen molar-refractivity contribution < 1.29 is 14.2 Å². The van der Waals surface area contributed by atoms with Gasteiger partial charge in [-0.2, -0.15) is 5.10 Å². The van der Waals surface area contributed by atoms with Crippen LogP contribution in [0.3, 0.4) is 0 Å². The van der Waals surface area contributed by atoms with E-state index in [-0.39, 0.29) is 5.92 Å². The second-order valence-electron chi connectivity index (χ2n) is 9.64. The van der Waals surface area contributed by atoms with Gasteiger partial charge in [-0.1, -0.05) is 29.8 Å². The fourth-order valence-corrected chi connectivity index (χ4v) is 5.52. The molecule has 7 rings (SSSR count). The lowest BCUT2D eigenvalue weighted by atomic mass is 9.85. The lowest BCUT2D eigenvalue weighted by Crippen LogP contribution is -2.16. The zero-order valence-electron chi connectivity index (χ0n) is 22.4. The quantitative estimate of drug-likeness (QED) is 0.258. The number of fused-ring (bicyclic) bond motifs is 4. The van der Waals surface area contributed by atoms with Gasteiger partial charge in [0.15, 0.2) is 23.0 Å². The van der Waals surface area contributed by atoms with Crippen molar-refractivity contribution in [2.75, 3.05) is 14.2 Å². The molecule has 1 aliphatic rings. The Kier molecular flexibility index (Phi) is 6.05. The summed E-state index contributed by atoms with van der Waals surface area (Å²) in [6.07, 6.45) is 5.72. The van der Waals surface area contributed by atoms with Crippen LogP contribution in [0.2, 0.25) is 5.02 Å². The molecule has 1 atom stereocenters. The van der Waals surface area contributed by atoms with E-state index in [9.17, 15) is 0 Å². The van der Waals surface area contributed by atoms with E-state index in [1.165, 1.54) is 0 Å². The number of halogens is 1. The molecule has 0 saturated heterocycles. The average molecular weight is 566 g/mol. The Hall–Kier alpha value is -4.96. The number of pyridine rings is 1. The molecule has 41 heavy (non-hydrogen) atoms. The van der Waals surface area contributed by atoms with Gasteiger partial charge in [-0.25, -0.2) is 19.2 Å². The fraction of sp³-hybridized carbons (Fsp3) is 0.167. The Morgan fingerprint density at radius 2 is 1.85 bits per heavy atom. The molecular weight excluding hydrogens is 542 g/mol. The molecular formula is C30H24ClN7O3. The van der Waals surface area contributed by atoms with Gasteiger partial charge in [-0.3, -0.25) is 4.98 Å². The van der Waals surface area contributed by atoms with Crippen LogP contribution >= 0.6 is 11.6 Å². The van der Waals surface area contributed by atoms with E-state index in [4.69, 9.17) is 41.0 Å². The van der Waals surface area contributed by atoms with Crippen molar-refractivity contribution in [2.45, 2.75) is 19.3 Å². The molecule has 0 saturated carbocycles. The summed E-state index contributed by atoms with van der Waals surface area (Å²) in [5.74, 6) is 2.68. The van der Waals surface area contributed by atoms with Crippen LogP contribution in [-0.2, 0) is 6.42 Å². The maximum Gasteiger partial charge on any atom is 0.230 e. The fourth-order valence-electron chi connectivity index (χ4n) is 5.33. The first-order chi connectivity index (χ1) is 20.0. The Bertz CT molecular complexity index is 1920. The Balaban J connectivity index is 1.38. The third-order valence-corrected chi connectivity index (χ3v) is 7.38. The molecule has 10 nitrogen and oxygen atoms in total. The van der Waals surface area contributed by atoms with Crippen LogP contribution < -0.4 is 14.2 Å². The number of benzene rings is 2. The van der Waals surface area contributed by atoms with Gasteiger partial charge < -0.3 is 14.2 Å². The minimum atomic E-state index is -0.287. The van der Waals surface area contributed by atoms with E-state index in [0.29, 0.717) is 46.2 Å². The van der Waals surface area contributed by atoms with Crippen LogP contribution in [0.5, 0.6) is 23.3 Å². The highest BCUT2D eigenvalue weighted by Crippen LogP contribution is 2.49. The summed E-state index contributed by atoms with van der Waals surface area (Å²) in [5, 5.41) is 10.2. The number of aryl methyl sites for hydroxylation is 1. The molecule has 0 aliphatic carbocycles. The van der Waals surface area contributed by atoms with Crippen LogP contribution in [0, 0.1) is 6.92 Å². The number of hydrogen-bond donors (Lipinski definition) is 0. The van der Waals surface area contributed by atoms with Crippen molar-refractivity contribution in [1.82, 2.24) is 34.3 Å². The predicted molar refractivity (Wildman–Crippen MR) is 152 cm³/mol. The molecule has 0 bridgehead atoms. The SMILES string of the molecule is COc1ccc(Cc2nc3c4c(ncn3n2)Oc2c(c(C)nn2-c2cccc(Cl)c2)C4c2cccnc2)cc1OC. The van der Waals surface area contributed by atoms with E-state index in [1.807, 2.05) is 67.7 Å². The highest BCUT2D eigenvalue weighted by molar-refractivity contribution is 6.30. The number of ether oxygens (including phenoxy) is 3. The van der Waals surface area contributed by atoms with Crippen LogP contribution in [0.4, 0.5) is 0 Å². The minimum Gasteiger partial charge on any atom is -0.493 e. The van der Waals surface area contributed by atoms with Crippen molar-refractivity contribution in [2.24, 2.45) is 0 Å². The van der Waals surface area contributed by atoms with E-state index >= 15 is 0 Å². The van der Waals surface area contributed by atoms with E-state index in [0.717, 1.165) is 33.6 Å². The average Bonchev–Trinajstić information content (AvgIpc) is 3.56. The van der Waals surface area contributed by atoms with Gasteiger partial charge in [-0.05, 0) is 54.4 Å². The first kappa shape index (κ1) is 25.0. The van der Waals surface area contributed by atoms with Crippen molar-refractivity contribution in [3.63, 3.8) is 0 Å². The molecule has 204 valence electrons. The van der Waals surface area contributed by atoms with Crippen molar-refractivity contribution in [3.05, 3.63) is 112 Å². The summed E-state index contributed by atoms with van der Waals surface area (Å²) in [7, 11) is 3.23. The molecule has 4 aromatic heterocycles. The van der Waals surface area contributed by atoms with E-state index in [2.05, 4.69) is 9.97 Å². The Morgan fingerprint density at radius 1 is 0.976 bits per heavy atom. The molecule has 1 unspecified atom stereocenters. The predicted octanol–water partition coefficient (Wildman–Crippen LogP) is 5.56. The van der Waals surface area contributed by atoms with Crippen LogP contribution in [-0.4, -0.2) is 48.6 Å². The zero-order chi connectivity index (χ0) is 28.1. The van der Waals surface area contributed by atoms with Crippen LogP contribution in [0.1, 0.15) is 39.7 Å². The summed E-state index contributed by atoms with van der Waals surface area (Å²) in [6.45, 7) is 1.97. The molecule has 6 aromatic rings. The lowest BCUT2D eigenvalue weighted by Gasteiger charge is -2.26. The molecule has 0 radical (unpaired) electrons. The van der Waals surface area contributed by atoms with Gasteiger partial charge in [0.05, 0.1) is 42.6 Å². The number of nitrogens with zero attached hydrogens (tertiary/aromatic N) is 7. The maximum atomic E-state index is 6.48. The normalized spacial score (nSPS) is 13.9. The van der Waals surface area contributed by atoms with Gasteiger partial charge in [0.1, 0.15) is 6.33 Å². The molecule has 0 amide bonds.